The Labute approximate surface area is 225 Å². The topological polar surface area (TPSA) is 90.0 Å². The highest BCUT2D eigenvalue weighted by Crippen LogP contribution is 2.39. The van der Waals surface area contributed by atoms with Crippen molar-refractivity contribution in [2.75, 3.05) is 20.1 Å². The zero-order chi connectivity index (χ0) is 29.1. The number of rotatable bonds is 7. The SMILES string of the molecule is C=CC=CC=C(C)N1C(=O)N(C)C(=O)C12CCN(C(=O)C(NC(=O)c1cccc(C(F)(F)F)c1)C(C)C)CC2. The second-order valence-electron chi connectivity index (χ2n) is 10.0. The summed E-state index contributed by atoms with van der Waals surface area (Å²) in [6.07, 6.45) is 2.48. The van der Waals surface area contributed by atoms with Gasteiger partial charge in [0.25, 0.3) is 11.8 Å². The van der Waals surface area contributed by atoms with Crippen molar-refractivity contribution in [1.82, 2.24) is 20.0 Å². The number of hydrogen-bond acceptors (Lipinski definition) is 4. The first kappa shape index (κ1) is 29.7. The molecule has 11 heteroatoms. The standard InChI is InChI=1S/C28H33F3N4O4/c1-6-7-8-10-19(4)35-26(39)33(5)25(38)27(35)13-15-34(16-14-27)24(37)22(18(2)3)32-23(36)20-11-9-12-21(17-20)28(29,30)31/h6-12,17-18,22H,1,13-16H2,2-5H3,(H,32,36). The fourth-order valence-corrected chi connectivity index (χ4v) is 4.97. The number of imide groups is 1. The van der Waals surface area contributed by atoms with Gasteiger partial charge in [-0.25, -0.2) is 4.79 Å². The predicted octanol–water partition coefficient (Wildman–Crippen LogP) is 4.36. The number of amides is 5. The van der Waals surface area contributed by atoms with E-state index in [2.05, 4.69) is 11.9 Å². The first-order valence-electron chi connectivity index (χ1n) is 12.6. The third-order valence-electron chi connectivity index (χ3n) is 7.12. The number of halogens is 3. The molecule has 2 saturated heterocycles. The van der Waals surface area contributed by atoms with Crippen LogP contribution in [0.3, 0.4) is 0 Å². The number of hydrogen-bond donors (Lipinski definition) is 1. The van der Waals surface area contributed by atoms with Gasteiger partial charge in [-0.05, 0) is 50.0 Å². The largest absolute Gasteiger partial charge is 0.416 e. The van der Waals surface area contributed by atoms with Crippen LogP contribution in [0.4, 0.5) is 18.0 Å². The first-order valence-corrected chi connectivity index (χ1v) is 12.6. The van der Waals surface area contributed by atoms with Crippen molar-refractivity contribution in [3.63, 3.8) is 0 Å². The molecular formula is C28H33F3N4O4. The maximum absolute atomic E-state index is 13.5. The molecule has 2 aliphatic rings. The normalized spacial score (nSPS) is 18.9. The highest BCUT2D eigenvalue weighted by atomic mass is 19.4. The van der Waals surface area contributed by atoms with Crippen molar-refractivity contribution < 1.29 is 32.3 Å². The number of nitrogens with one attached hydrogen (secondary N) is 1. The zero-order valence-corrected chi connectivity index (χ0v) is 22.4. The molecule has 0 aliphatic carbocycles. The molecule has 5 amide bonds. The molecule has 2 aliphatic heterocycles. The van der Waals surface area contributed by atoms with Crippen LogP contribution in [-0.4, -0.2) is 70.2 Å². The van der Waals surface area contributed by atoms with Crippen LogP contribution >= 0.6 is 0 Å². The van der Waals surface area contributed by atoms with Gasteiger partial charge in [-0.15, -0.1) is 0 Å². The van der Waals surface area contributed by atoms with Crippen molar-refractivity contribution in [2.45, 2.75) is 51.4 Å². The summed E-state index contributed by atoms with van der Waals surface area (Å²) in [5.41, 5.74) is -1.73. The van der Waals surface area contributed by atoms with Gasteiger partial charge in [0.15, 0.2) is 0 Å². The molecule has 2 heterocycles. The molecule has 1 aromatic rings. The molecule has 1 N–H and O–H groups in total. The van der Waals surface area contributed by atoms with Crippen LogP contribution in [-0.2, 0) is 15.8 Å². The van der Waals surface area contributed by atoms with Crippen LogP contribution in [0.1, 0.15) is 49.5 Å². The minimum Gasteiger partial charge on any atom is -0.341 e. The number of likely N-dealkylation sites (tertiary alicyclic amines) is 1. The summed E-state index contributed by atoms with van der Waals surface area (Å²) in [6.45, 7) is 9.09. The first-order chi connectivity index (χ1) is 18.2. The molecule has 0 radical (unpaired) electrons. The molecule has 0 bridgehead atoms. The Morgan fingerprint density at radius 3 is 2.33 bits per heavy atom. The number of nitrogens with zero attached hydrogens (tertiary/aromatic N) is 3. The van der Waals surface area contributed by atoms with Crippen LogP contribution in [0, 0.1) is 5.92 Å². The van der Waals surface area contributed by atoms with Gasteiger partial charge in [0.2, 0.25) is 5.91 Å². The number of carbonyl (C=O) groups excluding carboxylic acids is 4. The zero-order valence-electron chi connectivity index (χ0n) is 22.4. The predicted molar refractivity (Wildman–Crippen MR) is 139 cm³/mol. The second kappa shape index (κ2) is 11.5. The molecule has 0 saturated carbocycles. The molecule has 2 fully saturated rings. The summed E-state index contributed by atoms with van der Waals surface area (Å²) in [7, 11) is 1.43. The number of allylic oxidation sites excluding steroid dienone is 5. The van der Waals surface area contributed by atoms with Crippen molar-refractivity contribution in [3.8, 4) is 0 Å². The van der Waals surface area contributed by atoms with Crippen LogP contribution in [0.25, 0.3) is 0 Å². The third kappa shape index (κ3) is 5.91. The van der Waals surface area contributed by atoms with Gasteiger partial charge in [-0.3, -0.25) is 24.2 Å². The van der Waals surface area contributed by atoms with Gasteiger partial charge in [0, 0.05) is 31.4 Å². The summed E-state index contributed by atoms with van der Waals surface area (Å²) in [4.78, 5) is 56.5. The third-order valence-corrected chi connectivity index (χ3v) is 7.12. The summed E-state index contributed by atoms with van der Waals surface area (Å²) in [6, 6.07) is 2.56. The maximum Gasteiger partial charge on any atom is 0.416 e. The second-order valence-corrected chi connectivity index (χ2v) is 10.0. The molecule has 0 aromatic heterocycles. The van der Waals surface area contributed by atoms with E-state index in [1.807, 2.05) is 0 Å². The van der Waals surface area contributed by atoms with E-state index in [0.29, 0.717) is 5.70 Å². The summed E-state index contributed by atoms with van der Waals surface area (Å²) < 4.78 is 39.3. The van der Waals surface area contributed by atoms with Crippen molar-refractivity contribution in [3.05, 3.63) is 72.0 Å². The van der Waals surface area contributed by atoms with E-state index in [1.165, 1.54) is 22.9 Å². The number of piperidine rings is 1. The smallest absolute Gasteiger partial charge is 0.341 e. The van der Waals surface area contributed by atoms with E-state index in [-0.39, 0.29) is 43.3 Å². The van der Waals surface area contributed by atoms with Crippen LogP contribution < -0.4 is 5.32 Å². The van der Waals surface area contributed by atoms with Crippen molar-refractivity contribution >= 4 is 23.8 Å². The van der Waals surface area contributed by atoms with Crippen LogP contribution in [0.2, 0.25) is 0 Å². The Bertz CT molecular complexity index is 1210. The molecule has 3 rings (SSSR count). The average Bonchev–Trinajstić information content (AvgIpc) is 3.07. The molecule has 210 valence electrons. The monoisotopic (exact) mass is 546 g/mol. The molecule has 39 heavy (non-hydrogen) atoms. The lowest BCUT2D eigenvalue weighted by molar-refractivity contribution is -0.141. The number of likely N-dealkylation sites (N-methyl/N-ethyl adjacent to an activating group) is 1. The van der Waals surface area contributed by atoms with E-state index in [0.717, 1.165) is 23.1 Å². The van der Waals surface area contributed by atoms with E-state index in [1.54, 1.807) is 45.1 Å². The lowest BCUT2D eigenvalue weighted by Crippen LogP contribution is -2.59. The lowest BCUT2D eigenvalue weighted by Gasteiger charge is -2.43. The molecular weight excluding hydrogens is 513 g/mol. The van der Waals surface area contributed by atoms with Gasteiger partial charge >= 0.3 is 12.2 Å². The minimum atomic E-state index is -4.61. The Kier molecular flexibility index (Phi) is 8.72. The van der Waals surface area contributed by atoms with Crippen molar-refractivity contribution in [2.24, 2.45) is 5.92 Å². The molecule has 1 spiro atoms. The van der Waals surface area contributed by atoms with E-state index in [4.69, 9.17) is 0 Å². The van der Waals surface area contributed by atoms with Gasteiger partial charge in [0.1, 0.15) is 11.6 Å². The minimum absolute atomic E-state index is 0.153. The van der Waals surface area contributed by atoms with Crippen molar-refractivity contribution in [1.29, 1.82) is 0 Å². The fourth-order valence-electron chi connectivity index (χ4n) is 4.97. The highest BCUT2D eigenvalue weighted by Gasteiger charge is 2.58. The van der Waals surface area contributed by atoms with Gasteiger partial charge < -0.3 is 10.2 Å². The molecule has 1 unspecified atom stereocenters. The molecule has 8 nitrogen and oxygen atoms in total. The number of alkyl halides is 3. The van der Waals surface area contributed by atoms with Gasteiger partial charge in [-0.1, -0.05) is 44.7 Å². The quantitative estimate of drug-likeness (QED) is 0.407. The Morgan fingerprint density at radius 1 is 1.13 bits per heavy atom. The fraction of sp³-hybridized carbons (Fsp3) is 0.429. The maximum atomic E-state index is 13.5. The summed E-state index contributed by atoms with van der Waals surface area (Å²) in [5, 5.41) is 2.59. The number of carbonyl (C=O) groups is 4. The Balaban J connectivity index is 1.78. The summed E-state index contributed by atoms with van der Waals surface area (Å²) in [5.74, 6) is -1.90. The van der Waals surface area contributed by atoms with Crippen LogP contribution in [0.15, 0.2) is 60.8 Å². The van der Waals surface area contributed by atoms with E-state index in [9.17, 15) is 32.3 Å². The molecule has 1 atom stereocenters. The van der Waals surface area contributed by atoms with Crippen LogP contribution in [0.5, 0.6) is 0 Å². The molecule has 1 aromatic carbocycles. The Hall–Kier alpha value is -3.89. The van der Waals surface area contributed by atoms with Gasteiger partial charge in [-0.2, -0.15) is 13.2 Å². The number of urea groups is 1. The van der Waals surface area contributed by atoms with E-state index >= 15 is 0 Å². The number of benzene rings is 1. The summed E-state index contributed by atoms with van der Waals surface area (Å²) >= 11 is 0. The highest BCUT2D eigenvalue weighted by molar-refractivity contribution is 6.07. The van der Waals surface area contributed by atoms with Gasteiger partial charge in [0.05, 0.1) is 5.56 Å². The average molecular weight is 547 g/mol. The Morgan fingerprint density at radius 2 is 1.77 bits per heavy atom. The lowest BCUT2D eigenvalue weighted by atomic mass is 9.85. The van der Waals surface area contributed by atoms with E-state index < -0.39 is 41.2 Å².